The Morgan fingerprint density at radius 1 is 1.23 bits per heavy atom. The smallest absolute Gasteiger partial charge is 0.331 e. The van der Waals surface area contributed by atoms with Crippen LogP contribution in [0.4, 0.5) is 18.0 Å². The number of urea groups is 1. The van der Waals surface area contributed by atoms with Gasteiger partial charge in [0.2, 0.25) is 0 Å². The van der Waals surface area contributed by atoms with E-state index in [9.17, 15) is 26.4 Å². The van der Waals surface area contributed by atoms with Gasteiger partial charge in [0.1, 0.15) is 0 Å². The number of amides is 2. The zero-order valence-corrected chi connectivity index (χ0v) is 17.6. The minimum absolute atomic E-state index is 0.185. The summed E-state index contributed by atoms with van der Waals surface area (Å²) >= 11 is 0. The molecule has 9 heteroatoms. The Hall–Kier alpha value is -2.03. The molecule has 0 radical (unpaired) electrons. The Morgan fingerprint density at radius 3 is 2.47 bits per heavy atom. The van der Waals surface area contributed by atoms with Gasteiger partial charge in [-0.25, -0.2) is 13.2 Å². The Labute approximate surface area is 175 Å². The molecule has 1 N–H and O–H groups in total. The van der Waals surface area contributed by atoms with Crippen molar-refractivity contribution in [3.63, 3.8) is 0 Å². The van der Waals surface area contributed by atoms with Crippen molar-refractivity contribution in [2.45, 2.75) is 50.4 Å². The molecule has 3 rings (SSSR count). The summed E-state index contributed by atoms with van der Waals surface area (Å²) < 4.78 is 61.7. The molecule has 0 bridgehead atoms. The van der Waals surface area contributed by atoms with Crippen molar-refractivity contribution in [3.05, 3.63) is 47.4 Å². The first-order valence-electron chi connectivity index (χ1n) is 10.1. The monoisotopic (exact) mass is 444 g/mol. The average Bonchev–Trinajstić information content (AvgIpc) is 3.48. The number of likely N-dealkylation sites (tertiary alicyclic amines) is 1. The van der Waals surface area contributed by atoms with Crippen molar-refractivity contribution >= 4 is 15.9 Å². The fourth-order valence-electron chi connectivity index (χ4n) is 4.02. The van der Waals surface area contributed by atoms with Gasteiger partial charge in [-0.15, -0.1) is 0 Å². The molecule has 166 valence electrons. The third-order valence-electron chi connectivity index (χ3n) is 5.63. The average molecular weight is 445 g/mol. The molecule has 1 aromatic carbocycles. The molecule has 0 spiro atoms. The van der Waals surface area contributed by atoms with Crippen molar-refractivity contribution in [2.24, 2.45) is 11.8 Å². The zero-order valence-electron chi connectivity index (χ0n) is 16.8. The van der Waals surface area contributed by atoms with Crippen molar-refractivity contribution in [2.75, 3.05) is 12.8 Å². The van der Waals surface area contributed by atoms with Crippen LogP contribution in [0, 0.1) is 11.8 Å². The lowest BCUT2D eigenvalue weighted by molar-refractivity contribution is -0.148. The predicted octanol–water partition coefficient (Wildman–Crippen LogP) is 4.44. The lowest BCUT2D eigenvalue weighted by Crippen LogP contribution is -2.49. The number of halogens is 3. The third kappa shape index (κ3) is 6.75. The van der Waals surface area contributed by atoms with E-state index < -0.39 is 40.4 Å². The second-order valence-electron chi connectivity index (χ2n) is 8.30. The van der Waals surface area contributed by atoms with Gasteiger partial charge in [-0.1, -0.05) is 36.4 Å². The highest BCUT2D eigenvalue weighted by molar-refractivity contribution is 7.93. The largest absolute Gasteiger partial charge is 0.389 e. The second-order valence-corrected chi connectivity index (χ2v) is 10.2. The van der Waals surface area contributed by atoms with Crippen LogP contribution in [0.25, 0.3) is 0 Å². The maximum atomic E-state index is 13.1. The minimum atomic E-state index is -4.23. The number of nitrogens with zero attached hydrogens (tertiary/aromatic N) is 1. The van der Waals surface area contributed by atoms with Crippen molar-refractivity contribution in [1.29, 1.82) is 0 Å². The molecule has 30 heavy (non-hydrogen) atoms. The van der Waals surface area contributed by atoms with Crippen LogP contribution in [0.1, 0.15) is 43.7 Å². The number of piperidine rings is 1. The van der Waals surface area contributed by atoms with E-state index in [1.165, 1.54) is 6.08 Å². The lowest BCUT2D eigenvalue weighted by atomic mass is 9.85. The van der Waals surface area contributed by atoms with Crippen LogP contribution in [0.15, 0.2) is 41.8 Å². The molecule has 1 aromatic rings. The molecule has 2 aliphatic rings. The number of carbonyl (C=O) groups is 1. The van der Waals surface area contributed by atoms with Crippen molar-refractivity contribution in [3.8, 4) is 0 Å². The van der Waals surface area contributed by atoms with Gasteiger partial charge in [0.15, 0.2) is 9.84 Å². The zero-order chi connectivity index (χ0) is 21.9. The fourth-order valence-corrected chi connectivity index (χ4v) is 4.47. The number of hydrogen-bond donors (Lipinski definition) is 1. The van der Waals surface area contributed by atoms with E-state index in [0.717, 1.165) is 30.1 Å². The molecule has 2 amide bonds. The first-order chi connectivity index (χ1) is 14.0. The topological polar surface area (TPSA) is 66.5 Å². The number of rotatable bonds is 6. The summed E-state index contributed by atoms with van der Waals surface area (Å²) in [6.45, 7) is 0.222. The van der Waals surface area contributed by atoms with E-state index in [4.69, 9.17) is 0 Å². The van der Waals surface area contributed by atoms with Gasteiger partial charge in [0.25, 0.3) is 0 Å². The first-order valence-corrected chi connectivity index (χ1v) is 12.0. The predicted molar refractivity (Wildman–Crippen MR) is 108 cm³/mol. The summed E-state index contributed by atoms with van der Waals surface area (Å²) in [5.74, 6) is -0.353. The number of hydrogen-bond acceptors (Lipinski definition) is 3. The van der Waals surface area contributed by atoms with E-state index in [1.54, 1.807) is 17.0 Å². The van der Waals surface area contributed by atoms with Crippen LogP contribution in [0.3, 0.4) is 0 Å². The Balaban J connectivity index is 1.76. The van der Waals surface area contributed by atoms with Crippen LogP contribution in [0.5, 0.6) is 0 Å². The molecular weight excluding hydrogens is 417 g/mol. The number of nitrogens with one attached hydrogen (secondary N) is 1. The van der Waals surface area contributed by atoms with Gasteiger partial charge in [-0.05, 0) is 43.1 Å². The third-order valence-corrected chi connectivity index (χ3v) is 6.28. The number of sulfone groups is 1. The molecule has 1 aliphatic heterocycles. The number of benzene rings is 1. The quantitative estimate of drug-likeness (QED) is 0.706. The van der Waals surface area contributed by atoms with Gasteiger partial charge >= 0.3 is 12.2 Å². The highest BCUT2D eigenvalue weighted by Crippen LogP contribution is 2.40. The molecule has 0 unspecified atom stereocenters. The molecule has 1 saturated heterocycles. The first kappa shape index (κ1) is 22.7. The standard InChI is InChI=1S/C21H27F3N2O3S/c1-30(28,29)12-10-18(16-7-8-16)25-20(27)26-11-9-15(14-21(22,23)24)13-19(26)17-5-3-2-4-6-17/h2-6,10,12,15-16,18-19H,7-9,11,13-14H2,1H3,(H,25,27)/b12-10+/t15-,18+,19+/m0/s1. The van der Waals surface area contributed by atoms with Crippen LogP contribution in [-0.4, -0.2) is 44.4 Å². The summed E-state index contributed by atoms with van der Waals surface area (Å²) in [4.78, 5) is 14.6. The van der Waals surface area contributed by atoms with Crippen LogP contribution < -0.4 is 5.32 Å². The van der Waals surface area contributed by atoms with Crippen molar-refractivity contribution in [1.82, 2.24) is 10.2 Å². The highest BCUT2D eigenvalue weighted by Gasteiger charge is 2.40. The molecule has 5 nitrogen and oxygen atoms in total. The summed E-state index contributed by atoms with van der Waals surface area (Å²) in [6.07, 6.45) is -0.181. The SMILES string of the molecule is CS(=O)(=O)/C=C/[C@@H](NC(=O)N1CC[C@H](CC(F)(F)F)C[C@@H]1c1ccccc1)C1CC1. The maximum absolute atomic E-state index is 13.1. The highest BCUT2D eigenvalue weighted by atomic mass is 32.2. The lowest BCUT2D eigenvalue weighted by Gasteiger charge is -2.40. The molecule has 0 aromatic heterocycles. The Bertz CT molecular complexity index is 867. The number of alkyl halides is 3. The van der Waals surface area contributed by atoms with E-state index in [0.29, 0.717) is 0 Å². The molecular formula is C21H27F3N2O3S. The van der Waals surface area contributed by atoms with E-state index in [-0.39, 0.29) is 31.3 Å². The summed E-state index contributed by atoms with van der Waals surface area (Å²) in [5.41, 5.74) is 0.800. The van der Waals surface area contributed by atoms with E-state index >= 15 is 0 Å². The van der Waals surface area contributed by atoms with Crippen LogP contribution in [-0.2, 0) is 9.84 Å². The maximum Gasteiger partial charge on any atom is 0.389 e. The van der Waals surface area contributed by atoms with Crippen LogP contribution in [0.2, 0.25) is 0 Å². The Morgan fingerprint density at radius 2 is 1.90 bits per heavy atom. The summed E-state index contributed by atoms with van der Waals surface area (Å²) in [6, 6.07) is 7.85. The summed E-state index contributed by atoms with van der Waals surface area (Å²) in [7, 11) is -3.32. The van der Waals surface area contributed by atoms with Gasteiger partial charge < -0.3 is 10.2 Å². The molecule has 1 aliphatic carbocycles. The van der Waals surface area contributed by atoms with Crippen LogP contribution >= 0.6 is 0 Å². The van der Waals surface area contributed by atoms with Gasteiger partial charge in [-0.3, -0.25) is 0 Å². The molecule has 1 saturated carbocycles. The number of carbonyl (C=O) groups excluding carboxylic acids is 1. The van der Waals surface area contributed by atoms with Gasteiger partial charge in [0.05, 0.1) is 12.1 Å². The fraction of sp³-hybridized carbons (Fsp3) is 0.571. The van der Waals surface area contributed by atoms with Gasteiger partial charge in [0, 0.05) is 24.6 Å². The van der Waals surface area contributed by atoms with E-state index in [2.05, 4.69) is 5.32 Å². The minimum Gasteiger partial charge on any atom is -0.331 e. The van der Waals surface area contributed by atoms with Gasteiger partial charge in [-0.2, -0.15) is 13.2 Å². The van der Waals surface area contributed by atoms with Crippen molar-refractivity contribution < 1.29 is 26.4 Å². The molecule has 1 heterocycles. The molecule has 2 fully saturated rings. The molecule has 3 atom stereocenters. The Kier molecular flexibility index (Phi) is 6.79. The normalized spacial score (nSPS) is 24.1. The van der Waals surface area contributed by atoms with E-state index in [1.807, 2.05) is 18.2 Å². The second kappa shape index (κ2) is 8.99. The summed E-state index contributed by atoms with van der Waals surface area (Å²) in [5, 5.41) is 4.00.